The third-order valence-corrected chi connectivity index (χ3v) is 7.50. The monoisotopic (exact) mass is 750 g/mol. The molecule has 0 spiro atoms. The molecule has 41 heavy (non-hydrogen) atoms. The molecule has 14 heteroatoms. The van der Waals surface area contributed by atoms with Crippen molar-refractivity contribution in [1.29, 1.82) is 0 Å². The summed E-state index contributed by atoms with van der Waals surface area (Å²) in [6.07, 6.45) is 3.53. The van der Waals surface area contributed by atoms with Crippen LogP contribution in [0.3, 0.4) is 0 Å². The number of fused-ring (bicyclic) bond motifs is 3. The zero-order valence-corrected chi connectivity index (χ0v) is 27.5. The van der Waals surface area contributed by atoms with Gasteiger partial charge in [0, 0.05) is 40.3 Å². The minimum atomic E-state index is -1.69. The normalized spacial score (nSPS) is 12.8. The van der Waals surface area contributed by atoms with Crippen molar-refractivity contribution in [3.8, 4) is 0 Å². The maximum atomic E-state index is 13.3. The quantitative estimate of drug-likeness (QED) is 0.132. The standard InChI is InChI=1S/C9H12N2.C8H3BrCl3FN2.C8H4BrFN2O.C2H6/c1-11-6-4-9-8(7-11)3-2-5-10-9;9-3-1-2-4(13)6-5(3)14-7(15-6)8(10,11)12;9-4-1-2-5(10)8-7(4)11-6(3-13)12-8;1-2/h2-3,5H,4,6-7H2,1H3;1-2H,(H,14,15);1-3H,(H,11,12);1-2H3. The van der Waals surface area contributed by atoms with Crippen LogP contribution in [-0.2, 0) is 16.8 Å². The van der Waals surface area contributed by atoms with Crippen LogP contribution in [0, 0.1) is 11.6 Å². The van der Waals surface area contributed by atoms with Gasteiger partial charge in [-0.3, -0.25) is 9.78 Å². The van der Waals surface area contributed by atoms with Crippen molar-refractivity contribution < 1.29 is 13.6 Å². The van der Waals surface area contributed by atoms with E-state index in [1.165, 1.54) is 23.4 Å². The Morgan fingerprint density at radius 2 is 1.54 bits per heavy atom. The number of pyridine rings is 1. The van der Waals surface area contributed by atoms with Gasteiger partial charge in [-0.25, -0.2) is 18.7 Å². The summed E-state index contributed by atoms with van der Waals surface area (Å²) in [5, 5.41) is 0. The van der Waals surface area contributed by atoms with Crippen LogP contribution in [-0.4, -0.2) is 49.7 Å². The highest BCUT2D eigenvalue weighted by Gasteiger charge is 2.28. The molecular weight excluding hydrogens is 729 g/mol. The van der Waals surface area contributed by atoms with Crippen molar-refractivity contribution in [1.82, 2.24) is 29.8 Å². The maximum Gasteiger partial charge on any atom is 0.248 e. The summed E-state index contributed by atoms with van der Waals surface area (Å²) in [4.78, 5) is 30.1. The highest BCUT2D eigenvalue weighted by atomic mass is 79.9. The first-order chi connectivity index (χ1) is 19.5. The van der Waals surface area contributed by atoms with Gasteiger partial charge in [-0.2, -0.15) is 0 Å². The van der Waals surface area contributed by atoms with Gasteiger partial charge < -0.3 is 14.9 Å². The van der Waals surface area contributed by atoms with Gasteiger partial charge in [0.05, 0.1) is 11.0 Å². The molecule has 0 aliphatic carbocycles. The smallest absolute Gasteiger partial charge is 0.248 e. The van der Waals surface area contributed by atoms with Crippen molar-refractivity contribution in [3.05, 3.63) is 86.1 Å². The molecule has 3 aromatic heterocycles. The van der Waals surface area contributed by atoms with Gasteiger partial charge in [0.25, 0.3) is 0 Å². The van der Waals surface area contributed by atoms with Crippen LogP contribution in [0.1, 0.15) is 41.5 Å². The first-order valence-corrected chi connectivity index (χ1v) is 15.0. The molecule has 218 valence electrons. The number of imidazole rings is 2. The fourth-order valence-corrected chi connectivity index (χ4v) is 4.88. The lowest BCUT2D eigenvalue weighted by Crippen LogP contribution is -2.26. The summed E-state index contributed by atoms with van der Waals surface area (Å²) in [5.74, 6) is -0.693. The number of carbonyl (C=O) groups is 1. The molecule has 0 saturated carbocycles. The SMILES string of the molecule is CC.CN1CCc2ncccc2C1.Fc1ccc(Br)c2[nH]c(C(Cl)(Cl)Cl)nc12.O=Cc1nc2c(F)ccc(Br)c2[nH]1. The number of likely N-dealkylation sites (N-methyl/N-ethyl adjacent to an activating group) is 1. The van der Waals surface area contributed by atoms with Gasteiger partial charge >= 0.3 is 0 Å². The lowest BCUT2D eigenvalue weighted by Gasteiger charge is -2.23. The number of nitrogens with zero attached hydrogens (tertiary/aromatic N) is 4. The van der Waals surface area contributed by atoms with E-state index in [0.717, 1.165) is 19.5 Å². The predicted octanol–water partition coefficient (Wildman–Crippen LogP) is 8.66. The van der Waals surface area contributed by atoms with Crippen molar-refractivity contribution >= 4 is 95.0 Å². The highest BCUT2D eigenvalue weighted by molar-refractivity contribution is 9.11. The predicted molar refractivity (Wildman–Crippen MR) is 168 cm³/mol. The second kappa shape index (κ2) is 14.8. The summed E-state index contributed by atoms with van der Waals surface area (Å²) in [6.45, 7) is 6.20. The third kappa shape index (κ3) is 8.46. The summed E-state index contributed by atoms with van der Waals surface area (Å²) in [5.41, 5.74) is 3.97. The lowest BCUT2D eigenvalue weighted by molar-refractivity contribution is 0.111. The van der Waals surface area contributed by atoms with E-state index in [9.17, 15) is 13.6 Å². The molecule has 0 unspecified atom stereocenters. The molecule has 0 amide bonds. The number of aromatic nitrogens is 5. The highest BCUT2D eigenvalue weighted by Crippen LogP contribution is 2.38. The molecule has 0 fully saturated rings. The van der Waals surface area contributed by atoms with E-state index in [0.29, 0.717) is 26.3 Å². The molecule has 2 N–H and O–H groups in total. The first kappa shape index (κ1) is 33.4. The van der Waals surface area contributed by atoms with Gasteiger partial charge in [-0.1, -0.05) is 54.7 Å². The molecule has 0 bridgehead atoms. The number of halogens is 7. The Bertz CT molecular complexity index is 1560. The van der Waals surface area contributed by atoms with Crippen molar-refractivity contribution in [2.45, 2.75) is 30.6 Å². The molecule has 0 saturated heterocycles. The largest absolute Gasteiger partial charge is 0.337 e. The number of H-pyrrole nitrogens is 2. The lowest BCUT2D eigenvalue weighted by atomic mass is 10.1. The van der Waals surface area contributed by atoms with Gasteiger partial charge in [0.15, 0.2) is 29.6 Å². The summed E-state index contributed by atoms with van der Waals surface area (Å²) >= 11 is 23.4. The van der Waals surface area contributed by atoms with E-state index in [-0.39, 0.29) is 22.7 Å². The van der Waals surface area contributed by atoms with Gasteiger partial charge in [0.1, 0.15) is 11.0 Å². The number of hydrogen-bond acceptors (Lipinski definition) is 5. The van der Waals surface area contributed by atoms with Crippen LogP contribution in [0.5, 0.6) is 0 Å². The average Bonchev–Trinajstić information content (AvgIpc) is 3.62. The molecule has 4 heterocycles. The number of alkyl halides is 3. The summed E-state index contributed by atoms with van der Waals surface area (Å²) < 4.78 is 26.1. The topological polar surface area (TPSA) is 90.6 Å². The van der Waals surface area contributed by atoms with Crippen molar-refractivity contribution in [2.75, 3.05) is 13.6 Å². The van der Waals surface area contributed by atoms with E-state index >= 15 is 0 Å². The number of nitrogens with one attached hydrogen (secondary N) is 2. The second-order valence-corrected chi connectivity index (χ2v) is 12.4. The minimum Gasteiger partial charge on any atom is -0.337 e. The maximum absolute atomic E-state index is 13.3. The minimum absolute atomic E-state index is 0.0910. The van der Waals surface area contributed by atoms with Crippen molar-refractivity contribution in [3.63, 3.8) is 0 Å². The van der Waals surface area contributed by atoms with Gasteiger partial charge in [-0.05, 0) is 74.8 Å². The van der Waals surface area contributed by atoms with Crippen LogP contribution in [0.15, 0.2) is 51.5 Å². The number of hydrogen-bond donors (Lipinski definition) is 2. The van der Waals surface area contributed by atoms with Crippen LogP contribution in [0.4, 0.5) is 8.78 Å². The number of rotatable bonds is 1. The fourth-order valence-electron chi connectivity index (χ4n) is 3.77. The Balaban J connectivity index is 0.000000166. The zero-order chi connectivity index (χ0) is 30.3. The van der Waals surface area contributed by atoms with E-state index in [4.69, 9.17) is 34.8 Å². The molecular formula is C27H25Br2Cl3F2N6O. The van der Waals surface area contributed by atoms with Gasteiger partial charge in [0.2, 0.25) is 3.79 Å². The van der Waals surface area contributed by atoms with Crippen LogP contribution < -0.4 is 0 Å². The molecule has 0 atom stereocenters. The number of benzene rings is 2. The molecule has 0 radical (unpaired) electrons. The molecule has 5 aromatic rings. The van der Waals surface area contributed by atoms with Crippen LogP contribution in [0.2, 0.25) is 0 Å². The van der Waals surface area contributed by atoms with Gasteiger partial charge in [-0.15, -0.1) is 0 Å². The fraction of sp³-hybridized carbons (Fsp3) is 0.259. The van der Waals surface area contributed by atoms with Crippen LogP contribution in [0.25, 0.3) is 22.1 Å². The van der Waals surface area contributed by atoms with Crippen LogP contribution >= 0.6 is 66.7 Å². The van der Waals surface area contributed by atoms with E-state index in [1.54, 1.807) is 12.1 Å². The summed E-state index contributed by atoms with van der Waals surface area (Å²) in [7, 11) is 2.15. The Kier molecular flexibility index (Phi) is 12.1. The Hall–Kier alpha value is -2.15. The summed E-state index contributed by atoms with van der Waals surface area (Å²) in [6, 6.07) is 9.87. The Morgan fingerprint density at radius 3 is 2.07 bits per heavy atom. The third-order valence-electron chi connectivity index (χ3n) is 5.64. The van der Waals surface area contributed by atoms with E-state index < -0.39 is 15.4 Å². The Morgan fingerprint density at radius 1 is 0.951 bits per heavy atom. The average molecular weight is 754 g/mol. The molecule has 1 aliphatic heterocycles. The van der Waals surface area contributed by atoms with E-state index in [1.807, 2.05) is 26.1 Å². The molecule has 2 aromatic carbocycles. The molecule has 1 aliphatic rings. The molecule has 7 nitrogen and oxygen atoms in total. The first-order valence-electron chi connectivity index (χ1n) is 12.3. The number of carbonyl (C=O) groups excluding carboxylic acids is 1. The molecule has 6 rings (SSSR count). The van der Waals surface area contributed by atoms with Crippen molar-refractivity contribution in [2.24, 2.45) is 0 Å². The number of aldehydes is 1. The Labute approximate surface area is 267 Å². The van der Waals surface area contributed by atoms with E-state index in [2.05, 4.69) is 74.8 Å². The zero-order valence-electron chi connectivity index (χ0n) is 22.1. The number of aromatic amines is 2. The second-order valence-electron chi connectivity index (χ2n) is 8.43.